The van der Waals surface area contributed by atoms with E-state index in [1.54, 1.807) is 0 Å². The van der Waals surface area contributed by atoms with Crippen LogP contribution in [-0.2, 0) is 0 Å². The molecule has 1 aliphatic rings. The molecule has 1 aromatic carbocycles. The van der Waals surface area contributed by atoms with Crippen LogP contribution in [0.5, 0.6) is 0 Å². The van der Waals surface area contributed by atoms with Crippen LogP contribution < -0.4 is 5.32 Å². The Morgan fingerprint density at radius 1 is 1.45 bits per heavy atom. The number of likely N-dealkylation sites (tertiary alicyclic amines) is 1. The van der Waals surface area contributed by atoms with E-state index >= 15 is 0 Å². The molecule has 1 saturated heterocycles. The van der Waals surface area contributed by atoms with Crippen molar-refractivity contribution in [1.82, 2.24) is 4.90 Å². The molecule has 1 N–H and O–H groups in total. The van der Waals surface area contributed by atoms with Gasteiger partial charge in [-0.15, -0.1) is 0 Å². The van der Waals surface area contributed by atoms with Crippen LogP contribution >= 0.6 is 0 Å². The summed E-state index contributed by atoms with van der Waals surface area (Å²) in [5, 5.41) is 13.8. The summed E-state index contributed by atoms with van der Waals surface area (Å²) in [4.78, 5) is 12.4. The first-order chi connectivity index (χ1) is 9.60. The number of benzene rings is 1. The van der Waals surface area contributed by atoms with Gasteiger partial charge < -0.3 is 10.2 Å². The third kappa shape index (κ3) is 3.66. The Balaban J connectivity index is 2.01. The maximum Gasteiger partial charge on any atom is 0.272 e. The second-order valence-corrected chi connectivity index (χ2v) is 5.13. The van der Waals surface area contributed by atoms with Crippen LogP contribution in [0.3, 0.4) is 0 Å². The fraction of sp³-hybridized carbons (Fsp3) is 0.571. The fourth-order valence-corrected chi connectivity index (χ4v) is 2.57. The van der Waals surface area contributed by atoms with Crippen molar-refractivity contribution in [3.63, 3.8) is 0 Å². The lowest BCUT2D eigenvalue weighted by Gasteiger charge is -2.19. The van der Waals surface area contributed by atoms with Crippen molar-refractivity contribution in [2.75, 3.05) is 25.0 Å². The number of hydrogen-bond donors (Lipinski definition) is 1. The van der Waals surface area contributed by atoms with Gasteiger partial charge in [0.05, 0.1) is 16.7 Å². The van der Waals surface area contributed by atoms with Gasteiger partial charge in [-0.2, -0.15) is 0 Å². The molecule has 2 rings (SSSR count). The first-order valence-corrected chi connectivity index (χ1v) is 7.03. The number of nitrogens with one attached hydrogen (secondary N) is 1. The zero-order chi connectivity index (χ0) is 14.5. The Morgan fingerprint density at radius 3 is 2.90 bits per heavy atom. The average molecular weight is 281 g/mol. The maximum atomic E-state index is 13.8. The normalized spacial score (nSPS) is 20.4. The number of hydrogen-bond acceptors (Lipinski definition) is 4. The van der Waals surface area contributed by atoms with E-state index in [1.165, 1.54) is 12.1 Å². The smallest absolute Gasteiger partial charge is 0.272 e. The van der Waals surface area contributed by atoms with E-state index in [0.29, 0.717) is 5.69 Å². The molecule has 0 radical (unpaired) electrons. The monoisotopic (exact) mass is 281 g/mol. The Labute approximate surface area is 117 Å². The molecule has 6 heteroatoms. The number of nitro groups is 1. The summed E-state index contributed by atoms with van der Waals surface area (Å²) >= 11 is 0. The molecule has 5 nitrogen and oxygen atoms in total. The van der Waals surface area contributed by atoms with E-state index < -0.39 is 10.7 Å². The van der Waals surface area contributed by atoms with Gasteiger partial charge in [-0.1, -0.05) is 6.92 Å². The lowest BCUT2D eigenvalue weighted by atomic mass is 10.1. The highest BCUT2D eigenvalue weighted by atomic mass is 19.1. The highest BCUT2D eigenvalue weighted by molar-refractivity contribution is 5.50. The second kappa shape index (κ2) is 6.65. The SMILES string of the molecule is CCN1CCCC(Nc2ccc([N+](=O)[O-])cc2F)CC1. The van der Waals surface area contributed by atoms with Crippen molar-refractivity contribution < 1.29 is 9.31 Å². The topological polar surface area (TPSA) is 58.4 Å². The molecular formula is C14H20FN3O2. The number of rotatable bonds is 4. The Kier molecular flexibility index (Phi) is 4.89. The number of non-ortho nitro benzene ring substituents is 1. The summed E-state index contributed by atoms with van der Waals surface area (Å²) in [6.45, 7) is 5.27. The Morgan fingerprint density at radius 2 is 2.25 bits per heavy atom. The largest absolute Gasteiger partial charge is 0.380 e. The van der Waals surface area contributed by atoms with Gasteiger partial charge in [0.2, 0.25) is 0 Å². The van der Waals surface area contributed by atoms with Gasteiger partial charge in [0.25, 0.3) is 5.69 Å². The molecular weight excluding hydrogens is 261 g/mol. The lowest BCUT2D eigenvalue weighted by molar-refractivity contribution is -0.385. The summed E-state index contributed by atoms with van der Waals surface area (Å²) in [5.41, 5.74) is 0.136. The number of nitrogens with zero attached hydrogens (tertiary/aromatic N) is 2. The number of nitro benzene ring substituents is 1. The molecule has 20 heavy (non-hydrogen) atoms. The van der Waals surface area contributed by atoms with E-state index in [4.69, 9.17) is 0 Å². The van der Waals surface area contributed by atoms with Crippen molar-refractivity contribution in [2.45, 2.75) is 32.2 Å². The molecule has 0 saturated carbocycles. The highest BCUT2D eigenvalue weighted by Crippen LogP contribution is 2.23. The van der Waals surface area contributed by atoms with Crippen LogP contribution in [0, 0.1) is 15.9 Å². The van der Waals surface area contributed by atoms with Crippen LogP contribution in [0.2, 0.25) is 0 Å². The van der Waals surface area contributed by atoms with Gasteiger partial charge in [0.1, 0.15) is 0 Å². The average Bonchev–Trinajstić information content (AvgIpc) is 2.66. The molecule has 1 atom stereocenters. The minimum Gasteiger partial charge on any atom is -0.380 e. The molecule has 1 aliphatic heterocycles. The first kappa shape index (κ1) is 14.7. The maximum absolute atomic E-state index is 13.8. The Bertz CT molecular complexity index is 481. The molecule has 110 valence electrons. The number of halogens is 1. The second-order valence-electron chi connectivity index (χ2n) is 5.13. The van der Waals surface area contributed by atoms with Crippen LogP contribution in [0.15, 0.2) is 18.2 Å². The van der Waals surface area contributed by atoms with Crippen LogP contribution in [0.4, 0.5) is 15.8 Å². The summed E-state index contributed by atoms with van der Waals surface area (Å²) in [6, 6.07) is 3.98. The lowest BCUT2D eigenvalue weighted by Crippen LogP contribution is -2.26. The minimum absolute atomic E-state index is 0.217. The zero-order valence-corrected chi connectivity index (χ0v) is 11.6. The van der Waals surface area contributed by atoms with Crippen molar-refractivity contribution in [1.29, 1.82) is 0 Å². The summed E-state index contributed by atoms with van der Waals surface area (Å²) in [7, 11) is 0. The van der Waals surface area contributed by atoms with Gasteiger partial charge >= 0.3 is 0 Å². The summed E-state index contributed by atoms with van der Waals surface area (Å²) in [5.74, 6) is -0.559. The molecule has 0 amide bonds. The first-order valence-electron chi connectivity index (χ1n) is 7.03. The molecule has 1 aromatic rings. The van der Waals surface area contributed by atoms with Crippen LogP contribution in [0.1, 0.15) is 26.2 Å². The van der Waals surface area contributed by atoms with Crippen molar-refractivity contribution in [3.8, 4) is 0 Å². The Hall–Kier alpha value is -1.69. The molecule has 1 heterocycles. The summed E-state index contributed by atoms with van der Waals surface area (Å²) < 4.78 is 13.8. The third-order valence-corrected chi connectivity index (χ3v) is 3.79. The van der Waals surface area contributed by atoms with E-state index in [-0.39, 0.29) is 11.7 Å². The van der Waals surface area contributed by atoms with E-state index in [2.05, 4.69) is 17.1 Å². The quantitative estimate of drug-likeness (QED) is 0.681. The van der Waals surface area contributed by atoms with Crippen molar-refractivity contribution >= 4 is 11.4 Å². The van der Waals surface area contributed by atoms with E-state index in [9.17, 15) is 14.5 Å². The van der Waals surface area contributed by atoms with Gasteiger partial charge in [0.15, 0.2) is 5.82 Å². The molecule has 0 spiro atoms. The molecule has 1 fully saturated rings. The number of anilines is 1. The molecule has 0 aliphatic carbocycles. The van der Waals surface area contributed by atoms with Crippen molar-refractivity contribution in [2.24, 2.45) is 0 Å². The van der Waals surface area contributed by atoms with Crippen LogP contribution in [0.25, 0.3) is 0 Å². The van der Waals surface area contributed by atoms with Gasteiger partial charge in [-0.3, -0.25) is 10.1 Å². The molecule has 0 bridgehead atoms. The van der Waals surface area contributed by atoms with Crippen molar-refractivity contribution in [3.05, 3.63) is 34.1 Å². The standard InChI is InChI=1S/C14H20FN3O2/c1-2-17-8-3-4-11(7-9-17)16-14-6-5-12(18(19)20)10-13(14)15/h5-6,10-11,16H,2-4,7-9H2,1H3. The fourth-order valence-electron chi connectivity index (χ4n) is 2.57. The van der Waals surface area contributed by atoms with E-state index in [1.807, 2.05) is 0 Å². The minimum atomic E-state index is -0.586. The molecule has 0 aromatic heterocycles. The predicted octanol–water partition coefficient (Wildman–Crippen LogP) is 3.02. The van der Waals surface area contributed by atoms with Gasteiger partial charge in [-0.05, 0) is 38.4 Å². The third-order valence-electron chi connectivity index (χ3n) is 3.79. The van der Waals surface area contributed by atoms with Gasteiger partial charge in [0, 0.05) is 18.7 Å². The zero-order valence-electron chi connectivity index (χ0n) is 11.6. The van der Waals surface area contributed by atoms with Gasteiger partial charge in [-0.25, -0.2) is 4.39 Å². The van der Waals surface area contributed by atoms with Crippen LogP contribution in [-0.4, -0.2) is 35.5 Å². The molecule has 1 unspecified atom stereocenters. The van der Waals surface area contributed by atoms with E-state index in [0.717, 1.165) is 45.0 Å². The summed E-state index contributed by atoms with van der Waals surface area (Å²) in [6.07, 6.45) is 3.04. The predicted molar refractivity (Wildman–Crippen MR) is 76.4 cm³/mol. The highest BCUT2D eigenvalue weighted by Gasteiger charge is 2.18.